The van der Waals surface area contributed by atoms with Crippen LogP contribution in [0.1, 0.15) is 16.1 Å². The Bertz CT molecular complexity index is 1020. The molecule has 0 aliphatic carbocycles. The zero-order valence-corrected chi connectivity index (χ0v) is 15.5. The van der Waals surface area contributed by atoms with E-state index in [-0.39, 0.29) is 18.2 Å². The van der Waals surface area contributed by atoms with Crippen LogP contribution in [0, 0.1) is 6.92 Å². The lowest BCUT2D eigenvalue weighted by molar-refractivity contribution is -0.118. The third-order valence-corrected chi connectivity index (χ3v) is 4.29. The molecule has 0 unspecified atom stereocenters. The zero-order chi connectivity index (χ0) is 19.4. The summed E-state index contributed by atoms with van der Waals surface area (Å²) in [6.45, 7) is 1.64. The molecule has 3 aromatic rings. The van der Waals surface area contributed by atoms with Crippen LogP contribution < -0.4 is 10.1 Å². The number of nitrogens with zero attached hydrogens (tertiary/aromatic N) is 1. The molecule has 1 amide bonds. The Morgan fingerprint density at radius 3 is 2.67 bits per heavy atom. The van der Waals surface area contributed by atoms with Gasteiger partial charge in [0.2, 0.25) is 0 Å². The molecule has 0 fully saturated rings. The number of fused-ring (bicyclic) bond motifs is 1. The van der Waals surface area contributed by atoms with E-state index in [4.69, 9.17) is 21.1 Å². The second-order valence-electron chi connectivity index (χ2n) is 5.82. The van der Waals surface area contributed by atoms with Crippen molar-refractivity contribution in [1.82, 2.24) is 4.98 Å². The van der Waals surface area contributed by atoms with Crippen LogP contribution in [0.5, 0.6) is 5.75 Å². The predicted molar refractivity (Wildman–Crippen MR) is 103 cm³/mol. The molecule has 138 valence electrons. The number of methoxy groups -OCH3 is 1. The van der Waals surface area contributed by atoms with Gasteiger partial charge in [-0.1, -0.05) is 29.8 Å². The van der Waals surface area contributed by atoms with Gasteiger partial charge in [0.25, 0.3) is 5.91 Å². The Balaban J connectivity index is 1.78. The summed E-state index contributed by atoms with van der Waals surface area (Å²) in [4.78, 5) is 28.3. The first kappa shape index (κ1) is 18.7. The highest BCUT2D eigenvalue weighted by molar-refractivity contribution is 6.31. The maximum Gasteiger partial charge on any atom is 0.356 e. The van der Waals surface area contributed by atoms with Crippen molar-refractivity contribution in [2.75, 3.05) is 19.0 Å². The summed E-state index contributed by atoms with van der Waals surface area (Å²) >= 11 is 6.06. The van der Waals surface area contributed by atoms with E-state index >= 15 is 0 Å². The largest absolute Gasteiger partial charge is 0.483 e. The topological polar surface area (TPSA) is 77.5 Å². The van der Waals surface area contributed by atoms with Crippen molar-refractivity contribution < 1.29 is 19.1 Å². The molecule has 2 aromatic carbocycles. The molecule has 27 heavy (non-hydrogen) atoms. The maximum absolute atomic E-state index is 12.2. The number of ether oxygens (including phenoxy) is 2. The first-order valence-electron chi connectivity index (χ1n) is 8.15. The first-order chi connectivity index (χ1) is 13.0. The number of anilines is 1. The van der Waals surface area contributed by atoms with Crippen LogP contribution in [0.4, 0.5) is 5.69 Å². The summed E-state index contributed by atoms with van der Waals surface area (Å²) in [6.07, 6.45) is 0. The number of carbonyl (C=O) groups is 2. The Morgan fingerprint density at radius 2 is 1.93 bits per heavy atom. The smallest absolute Gasteiger partial charge is 0.356 e. The quantitative estimate of drug-likeness (QED) is 0.673. The van der Waals surface area contributed by atoms with Crippen molar-refractivity contribution in [1.29, 1.82) is 0 Å². The number of carbonyl (C=O) groups excluding carboxylic acids is 2. The summed E-state index contributed by atoms with van der Waals surface area (Å²) in [5.41, 5.74) is 2.18. The van der Waals surface area contributed by atoms with E-state index in [1.165, 1.54) is 13.2 Å². The predicted octanol–water partition coefficient (Wildman–Crippen LogP) is 4.00. The fourth-order valence-electron chi connectivity index (χ4n) is 2.48. The van der Waals surface area contributed by atoms with Gasteiger partial charge in [-0.2, -0.15) is 0 Å². The number of esters is 1. The van der Waals surface area contributed by atoms with Gasteiger partial charge in [-0.05, 0) is 36.8 Å². The standard InChI is InChI=1S/C20H17ClN2O4/c1-12-7-8-13(9-15(12)21)22-19(24)11-27-18-10-17(20(25)26-2)23-16-6-4-3-5-14(16)18/h3-10H,11H2,1-2H3,(H,22,24). The van der Waals surface area contributed by atoms with Crippen LogP contribution in [0.15, 0.2) is 48.5 Å². The van der Waals surface area contributed by atoms with Gasteiger partial charge >= 0.3 is 5.97 Å². The van der Waals surface area contributed by atoms with Gasteiger partial charge in [-0.15, -0.1) is 0 Å². The third kappa shape index (κ3) is 4.35. The normalized spacial score (nSPS) is 10.5. The highest BCUT2D eigenvalue weighted by atomic mass is 35.5. The number of para-hydroxylation sites is 1. The average Bonchev–Trinajstić information content (AvgIpc) is 2.68. The minimum absolute atomic E-state index is 0.108. The fraction of sp³-hybridized carbons (Fsp3) is 0.150. The molecule has 0 spiro atoms. The molecule has 0 bridgehead atoms. The van der Waals surface area contributed by atoms with Crippen LogP contribution in [-0.2, 0) is 9.53 Å². The number of benzene rings is 2. The number of aromatic nitrogens is 1. The summed E-state index contributed by atoms with van der Waals surface area (Å²) in [7, 11) is 1.28. The third-order valence-electron chi connectivity index (χ3n) is 3.89. The Kier molecular flexibility index (Phi) is 5.57. The van der Waals surface area contributed by atoms with Gasteiger partial charge in [0.05, 0.1) is 12.6 Å². The molecule has 6 nitrogen and oxygen atoms in total. The van der Waals surface area contributed by atoms with E-state index in [0.717, 1.165) is 5.56 Å². The minimum atomic E-state index is -0.579. The number of hydrogen-bond donors (Lipinski definition) is 1. The van der Waals surface area contributed by atoms with Gasteiger partial charge in [-0.25, -0.2) is 9.78 Å². The Hall–Kier alpha value is -3.12. The van der Waals surface area contributed by atoms with Gasteiger partial charge in [0.15, 0.2) is 12.3 Å². The molecule has 7 heteroatoms. The monoisotopic (exact) mass is 384 g/mol. The molecule has 1 N–H and O–H groups in total. The molecule has 1 aromatic heterocycles. The number of halogens is 1. The van der Waals surface area contributed by atoms with Gasteiger partial charge < -0.3 is 14.8 Å². The van der Waals surface area contributed by atoms with Crippen LogP contribution in [0.2, 0.25) is 5.02 Å². The van der Waals surface area contributed by atoms with E-state index in [2.05, 4.69) is 10.3 Å². The van der Waals surface area contributed by atoms with Crippen molar-refractivity contribution in [3.63, 3.8) is 0 Å². The number of nitrogens with one attached hydrogen (secondary N) is 1. The van der Waals surface area contributed by atoms with Crippen LogP contribution in [0.25, 0.3) is 10.9 Å². The van der Waals surface area contributed by atoms with Crippen molar-refractivity contribution in [2.24, 2.45) is 0 Å². The summed E-state index contributed by atoms with van der Waals surface area (Å²) < 4.78 is 10.4. The lowest BCUT2D eigenvalue weighted by atomic mass is 10.2. The second-order valence-corrected chi connectivity index (χ2v) is 6.22. The number of amides is 1. The van der Waals surface area contributed by atoms with E-state index in [9.17, 15) is 9.59 Å². The fourth-order valence-corrected chi connectivity index (χ4v) is 2.66. The highest BCUT2D eigenvalue weighted by Crippen LogP contribution is 2.26. The molecule has 0 saturated carbocycles. The molecule has 0 aliphatic heterocycles. The number of rotatable bonds is 5. The van der Waals surface area contributed by atoms with E-state index < -0.39 is 5.97 Å². The van der Waals surface area contributed by atoms with Crippen LogP contribution >= 0.6 is 11.6 Å². The molecule has 0 radical (unpaired) electrons. The van der Waals surface area contributed by atoms with Gasteiger partial charge in [-0.3, -0.25) is 4.79 Å². The van der Waals surface area contributed by atoms with Crippen LogP contribution in [0.3, 0.4) is 0 Å². The van der Waals surface area contributed by atoms with Gasteiger partial charge in [0.1, 0.15) is 5.75 Å². The molecular formula is C20H17ClN2O4. The number of pyridine rings is 1. The average molecular weight is 385 g/mol. The first-order valence-corrected chi connectivity index (χ1v) is 8.52. The van der Waals surface area contributed by atoms with Crippen LogP contribution in [-0.4, -0.2) is 30.6 Å². The molecule has 3 rings (SSSR count). The highest BCUT2D eigenvalue weighted by Gasteiger charge is 2.14. The van der Waals surface area contributed by atoms with Crippen molar-refractivity contribution in [3.05, 3.63) is 64.8 Å². The van der Waals surface area contributed by atoms with E-state index in [0.29, 0.717) is 27.4 Å². The Morgan fingerprint density at radius 1 is 1.15 bits per heavy atom. The zero-order valence-electron chi connectivity index (χ0n) is 14.8. The lowest BCUT2D eigenvalue weighted by Gasteiger charge is -2.11. The number of aryl methyl sites for hydroxylation is 1. The van der Waals surface area contributed by atoms with Crippen molar-refractivity contribution in [3.8, 4) is 5.75 Å². The molecule has 0 saturated heterocycles. The van der Waals surface area contributed by atoms with Crippen molar-refractivity contribution in [2.45, 2.75) is 6.92 Å². The lowest BCUT2D eigenvalue weighted by Crippen LogP contribution is -2.20. The molecule has 0 aliphatic rings. The minimum Gasteiger partial charge on any atom is -0.483 e. The molecule has 0 atom stereocenters. The Labute approximate surface area is 161 Å². The second kappa shape index (κ2) is 8.05. The van der Waals surface area contributed by atoms with Gasteiger partial charge in [0, 0.05) is 22.2 Å². The summed E-state index contributed by atoms with van der Waals surface area (Å²) in [6, 6.07) is 13.9. The maximum atomic E-state index is 12.2. The van der Waals surface area contributed by atoms with E-state index in [1.54, 1.807) is 30.3 Å². The molecular weight excluding hydrogens is 368 g/mol. The van der Waals surface area contributed by atoms with Crippen molar-refractivity contribution >= 4 is 40.1 Å². The SMILES string of the molecule is COC(=O)c1cc(OCC(=O)Nc2ccc(C)c(Cl)c2)c2ccccc2n1. The summed E-state index contributed by atoms with van der Waals surface area (Å²) in [5.74, 6) is -0.558. The molecule has 1 heterocycles. The number of hydrogen-bond acceptors (Lipinski definition) is 5. The summed E-state index contributed by atoms with van der Waals surface area (Å²) in [5, 5.41) is 3.98. The van der Waals surface area contributed by atoms with E-state index in [1.807, 2.05) is 19.1 Å².